The molecule has 2 heterocycles. The molecule has 37 heavy (non-hydrogen) atoms. The zero-order valence-electron chi connectivity index (χ0n) is 20.3. The summed E-state index contributed by atoms with van der Waals surface area (Å²) in [6, 6.07) is 7.13. The number of cyclic esters (lactones) is 1. The number of ether oxygens (including phenoxy) is 3. The van der Waals surface area contributed by atoms with E-state index in [0.29, 0.717) is 18.4 Å². The molecule has 1 saturated carbocycles. The number of hydrogen-bond donors (Lipinski definition) is 2. The third-order valence-electron chi connectivity index (χ3n) is 8.09. The number of aromatic hydroxyl groups is 1. The zero-order valence-corrected chi connectivity index (χ0v) is 20.3. The van der Waals surface area contributed by atoms with E-state index in [1.54, 1.807) is 13.0 Å². The van der Waals surface area contributed by atoms with E-state index in [-0.39, 0.29) is 23.5 Å². The first-order valence-electron chi connectivity index (χ1n) is 11.9. The van der Waals surface area contributed by atoms with E-state index in [0.717, 1.165) is 0 Å². The molecule has 2 aliphatic carbocycles. The predicted molar refractivity (Wildman–Crippen MR) is 126 cm³/mol. The first-order chi connectivity index (χ1) is 17.6. The fourth-order valence-electron chi connectivity index (χ4n) is 6.30. The van der Waals surface area contributed by atoms with E-state index in [2.05, 4.69) is 0 Å². The number of nitrogens with two attached hydrogens (primary N) is 1. The molecule has 3 N–H and O–H groups in total. The van der Waals surface area contributed by atoms with Crippen LogP contribution in [0.5, 0.6) is 5.75 Å². The fraction of sp³-hybridized carbons (Fsp3) is 0.407. The first kappa shape index (κ1) is 24.8. The summed E-state index contributed by atoms with van der Waals surface area (Å²) in [5, 5.41) is 9.73. The quantitative estimate of drug-likeness (QED) is 0.464. The Bertz CT molecular complexity index is 1300. The molecular formula is C27H27NO9. The standard InChI is InChI=1S/C27H27NO9/c1-26-8-6-17-25(33)37-20(15-7-9-35-13-15)12-27(17,28)22(26)21(30)19(11-18(26)24(32)34-2)36-23(31)14-4-3-5-16(29)10-14/h3-5,7,9-11,13,17-18,20,22,29H,6,8,12,28H2,1-2H3/t17-,18-,20-,22-,26-,27+/m0/s1. The number of fused-ring (bicyclic) bond motifs is 3. The van der Waals surface area contributed by atoms with Crippen molar-refractivity contribution >= 4 is 23.7 Å². The molecule has 5 rings (SSSR count). The van der Waals surface area contributed by atoms with Crippen molar-refractivity contribution in [3.8, 4) is 5.75 Å². The molecule has 1 aromatic heterocycles. The summed E-state index contributed by atoms with van der Waals surface area (Å²) in [6.07, 6.45) is 4.20. The van der Waals surface area contributed by atoms with E-state index < -0.39 is 58.5 Å². The van der Waals surface area contributed by atoms with Crippen LogP contribution in [0.1, 0.15) is 48.2 Å². The molecule has 0 spiro atoms. The van der Waals surface area contributed by atoms with Crippen LogP contribution in [0.2, 0.25) is 0 Å². The van der Waals surface area contributed by atoms with Gasteiger partial charge >= 0.3 is 17.9 Å². The zero-order chi connectivity index (χ0) is 26.5. The third-order valence-corrected chi connectivity index (χ3v) is 8.09. The van der Waals surface area contributed by atoms with E-state index >= 15 is 0 Å². The molecule has 10 heteroatoms. The lowest BCUT2D eigenvalue weighted by Gasteiger charge is -2.58. The minimum atomic E-state index is -1.40. The number of phenols is 1. The number of carbonyl (C=O) groups is 4. The highest BCUT2D eigenvalue weighted by atomic mass is 16.6. The lowest BCUT2D eigenvalue weighted by atomic mass is 9.47. The van der Waals surface area contributed by atoms with Crippen molar-refractivity contribution in [1.29, 1.82) is 0 Å². The molecule has 10 nitrogen and oxygen atoms in total. The van der Waals surface area contributed by atoms with E-state index in [1.807, 2.05) is 0 Å². The van der Waals surface area contributed by atoms with Crippen LogP contribution in [0.25, 0.3) is 0 Å². The number of rotatable bonds is 4. The van der Waals surface area contributed by atoms with Gasteiger partial charge in [-0.2, -0.15) is 0 Å². The van der Waals surface area contributed by atoms with Crippen LogP contribution in [-0.2, 0) is 28.6 Å². The average Bonchev–Trinajstić information content (AvgIpc) is 3.39. The highest BCUT2D eigenvalue weighted by molar-refractivity contribution is 6.03. The number of phenolic OH excluding ortho intramolecular Hbond substituents is 1. The second kappa shape index (κ2) is 8.88. The van der Waals surface area contributed by atoms with Crippen LogP contribution in [0, 0.1) is 23.2 Å². The normalized spacial score (nSPS) is 32.9. The summed E-state index contributed by atoms with van der Waals surface area (Å²) in [6.45, 7) is 1.78. The Morgan fingerprint density at radius 2 is 2.00 bits per heavy atom. The van der Waals surface area contributed by atoms with Gasteiger partial charge in [0, 0.05) is 17.5 Å². The Morgan fingerprint density at radius 1 is 1.22 bits per heavy atom. The topological polar surface area (TPSA) is 155 Å². The van der Waals surface area contributed by atoms with Crippen molar-refractivity contribution in [2.24, 2.45) is 28.9 Å². The van der Waals surface area contributed by atoms with Crippen LogP contribution >= 0.6 is 0 Å². The SMILES string of the molecule is COC(=O)[C@@H]1C=C(OC(=O)c2cccc(O)c2)C(=O)[C@H]2[C@@]1(C)CC[C@H]1C(=O)O[C@H](c3ccoc3)C[C@@]12N. The number of benzene rings is 1. The Labute approximate surface area is 212 Å². The molecule has 0 amide bonds. The Kier molecular flexibility index (Phi) is 5.94. The maximum atomic E-state index is 14.0. The molecule has 2 aromatic rings. The molecule has 194 valence electrons. The van der Waals surface area contributed by atoms with Gasteiger partial charge in [-0.25, -0.2) is 4.79 Å². The second-order valence-corrected chi connectivity index (χ2v) is 10.2. The van der Waals surface area contributed by atoms with Crippen LogP contribution in [0.15, 0.2) is 59.1 Å². The molecule has 1 saturated heterocycles. The van der Waals surface area contributed by atoms with Gasteiger partial charge in [0.15, 0.2) is 5.76 Å². The first-order valence-corrected chi connectivity index (χ1v) is 11.9. The summed E-state index contributed by atoms with van der Waals surface area (Å²) in [4.78, 5) is 53.0. The number of methoxy groups -OCH3 is 1. The summed E-state index contributed by atoms with van der Waals surface area (Å²) >= 11 is 0. The van der Waals surface area contributed by atoms with Gasteiger partial charge in [0.1, 0.15) is 11.9 Å². The molecular weight excluding hydrogens is 482 g/mol. The van der Waals surface area contributed by atoms with Crippen LogP contribution in [0.3, 0.4) is 0 Å². The smallest absolute Gasteiger partial charge is 0.343 e. The third kappa shape index (κ3) is 3.92. The average molecular weight is 510 g/mol. The summed E-state index contributed by atoms with van der Waals surface area (Å²) in [5.41, 5.74) is 5.22. The maximum Gasteiger partial charge on any atom is 0.343 e. The highest BCUT2D eigenvalue weighted by Crippen LogP contribution is 2.60. The van der Waals surface area contributed by atoms with Gasteiger partial charge < -0.3 is 29.5 Å². The van der Waals surface area contributed by atoms with Crippen LogP contribution in [0.4, 0.5) is 0 Å². The van der Waals surface area contributed by atoms with Gasteiger partial charge in [0.05, 0.1) is 43.0 Å². The molecule has 1 aliphatic heterocycles. The summed E-state index contributed by atoms with van der Waals surface area (Å²) in [5.74, 6) is -5.92. The van der Waals surface area contributed by atoms with Gasteiger partial charge in [-0.3, -0.25) is 14.4 Å². The molecule has 0 bridgehead atoms. The Hall–Kier alpha value is -3.92. The minimum absolute atomic E-state index is 0.0156. The van der Waals surface area contributed by atoms with E-state index in [4.69, 9.17) is 24.4 Å². The van der Waals surface area contributed by atoms with E-state index in [9.17, 15) is 24.3 Å². The van der Waals surface area contributed by atoms with Crippen molar-refractivity contribution in [3.63, 3.8) is 0 Å². The monoisotopic (exact) mass is 509 g/mol. The van der Waals surface area contributed by atoms with Crippen LogP contribution < -0.4 is 5.73 Å². The van der Waals surface area contributed by atoms with Gasteiger partial charge in [0.2, 0.25) is 5.78 Å². The van der Waals surface area contributed by atoms with E-state index in [1.165, 1.54) is 50.0 Å². The number of Topliss-reactive ketones (excluding diaryl/α,β-unsaturated/α-hetero) is 1. The second-order valence-electron chi connectivity index (χ2n) is 10.2. The minimum Gasteiger partial charge on any atom is -0.508 e. The van der Waals surface area contributed by atoms with Gasteiger partial charge in [-0.05, 0) is 48.6 Å². The number of carbonyl (C=O) groups excluding carboxylic acids is 4. The number of esters is 3. The van der Waals surface area contributed by atoms with Crippen LogP contribution in [-0.4, -0.2) is 41.4 Å². The number of allylic oxidation sites excluding steroid dienone is 1. The highest BCUT2D eigenvalue weighted by Gasteiger charge is 2.67. The summed E-state index contributed by atoms with van der Waals surface area (Å²) < 4.78 is 21.3. The Morgan fingerprint density at radius 3 is 2.68 bits per heavy atom. The molecule has 0 unspecified atom stereocenters. The lowest BCUT2D eigenvalue weighted by molar-refractivity contribution is -0.185. The van der Waals surface area contributed by atoms with Crippen molar-refractivity contribution in [2.75, 3.05) is 7.11 Å². The number of ketones is 1. The predicted octanol–water partition coefficient (Wildman–Crippen LogP) is 2.82. The van der Waals surface area contributed by atoms with Gasteiger partial charge in [-0.15, -0.1) is 0 Å². The molecule has 3 aliphatic rings. The number of hydrogen-bond acceptors (Lipinski definition) is 10. The van der Waals surface area contributed by atoms with Crippen molar-refractivity contribution < 1.29 is 42.9 Å². The van der Waals surface area contributed by atoms with Crippen molar-refractivity contribution in [3.05, 3.63) is 65.8 Å². The molecule has 2 fully saturated rings. The number of furan rings is 1. The van der Waals surface area contributed by atoms with Gasteiger partial charge in [0.25, 0.3) is 0 Å². The van der Waals surface area contributed by atoms with Gasteiger partial charge in [-0.1, -0.05) is 13.0 Å². The van der Waals surface area contributed by atoms with Crippen molar-refractivity contribution in [1.82, 2.24) is 0 Å². The summed E-state index contributed by atoms with van der Waals surface area (Å²) in [7, 11) is 1.24. The lowest BCUT2D eigenvalue weighted by Crippen LogP contribution is -2.70. The Balaban J connectivity index is 1.57. The van der Waals surface area contributed by atoms with Crippen molar-refractivity contribution in [2.45, 2.75) is 37.8 Å². The maximum absolute atomic E-state index is 14.0. The fourth-order valence-corrected chi connectivity index (χ4v) is 6.30. The largest absolute Gasteiger partial charge is 0.508 e. The molecule has 6 atom stereocenters. The molecule has 1 aromatic carbocycles. The molecule has 0 radical (unpaired) electrons.